The molecule has 0 radical (unpaired) electrons. The van der Waals surface area contributed by atoms with E-state index in [0.29, 0.717) is 36.8 Å². The first kappa shape index (κ1) is 20.8. The number of amides is 2. The van der Waals surface area contributed by atoms with Crippen LogP contribution in [0.5, 0.6) is 5.75 Å². The topological polar surface area (TPSA) is 84.4 Å². The van der Waals surface area contributed by atoms with E-state index in [2.05, 4.69) is 15.3 Å². The SMILES string of the molecule is CCCNC(=O)c1cnc(C)nc1C1CCN(C(=O)COc2ccccc2)CC1. The van der Waals surface area contributed by atoms with E-state index in [-0.39, 0.29) is 24.3 Å². The van der Waals surface area contributed by atoms with Gasteiger partial charge in [-0.2, -0.15) is 0 Å². The van der Waals surface area contributed by atoms with Crippen LogP contribution in [0.25, 0.3) is 0 Å². The molecule has 2 amide bonds. The zero-order valence-corrected chi connectivity index (χ0v) is 17.1. The van der Waals surface area contributed by atoms with Crippen LogP contribution in [0.1, 0.15) is 54.0 Å². The summed E-state index contributed by atoms with van der Waals surface area (Å²) < 4.78 is 5.57. The highest BCUT2D eigenvalue weighted by Crippen LogP contribution is 2.29. The Morgan fingerprint density at radius 3 is 2.62 bits per heavy atom. The maximum atomic E-state index is 12.5. The summed E-state index contributed by atoms with van der Waals surface area (Å²) in [7, 11) is 0. The summed E-state index contributed by atoms with van der Waals surface area (Å²) in [4.78, 5) is 35.6. The van der Waals surface area contributed by atoms with E-state index >= 15 is 0 Å². The van der Waals surface area contributed by atoms with Gasteiger partial charge >= 0.3 is 0 Å². The van der Waals surface area contributed by atoms with Crippen LogP contribution in [0.2, 0.25) is 0 Å². The zero-order chi connectivity index (χ0) is 20.6. The monoisotopic (exact) mass is 396 g/mol. The van der Waals surface area contributed by atoms with Gasteiger partial charge in [-0.1, -0.05) is 25.1 Å². The van der Waals surface area contributed by atoms with Gasteiger partial charge in [0.2, 0.25) is 0 Å². The van der Waals surface area contributed by atoms with Crippen molar-refractivity contribution in [1.29, 1.82) is 0 Å². The van der Waals surface area contributed by atoms with Gasteiger partial charge in [-0.05, 0) is 38.3 Å². The molecule has 1 aromatic heterocycles. The number of aromatic nitrogens is 2. The van der Waals surface area contributed by atoms with Crippen LogP contribution in [0.3, 0.4) is 0 Å². The summed E-state index contributed by atoms with van der Waals surface area (Å²) in [5, 5.41) is 2.91. The third kappa shape index (κ3) is 5.53. The number of rotatable bonds is 7. The van der Waals surface area contributed by atoms with Crippen molar-refractivity contribution < 1.29 is 14.3 Å². The van der Waals surface area contributed by atoms with E-state index in [0.717, 1.165) is 25.0 Å². The Kier molecular flexibility index (Phi) is 7.16. The molecule has 1 aromatic carbocycles. The van der Waals surface area contributed by atoms with Gasteiger partial charge in [0.15, 0.2) is 6.61 Å². The van der Waals surface area contributed by atoms with E-state index in [1.807, 2.05) is 49.1 Å². The fourth-order valence-corrected chi connectivity index (χ4v) is 3.46. The van der Waals surface area contributed by atoms with E-state index < -0.39 is 0 Å². The summed E-state index contributed by atoms with van der Waals surface area (Å²) in [6, 6.07) is 9.34. The first-order chi connectivity index (χ1) is 14.1. The van der Waals surface area contributed by atoms with Gasteiger partial charge < -0.3 is 15.0 Å². The molecule has 0 saturated carbocycles. The number of ether oxygens (including phenoxy) is 1. The molecule has 0 aliphatic carbocycles. The molecule has 29 heavy (non-hydrogen) atoms. The average molecular weight is 396 g/mol. The molecule has 2 heterocycles. The van der Waals surface area contributed by atoms with Gasteiger partial charge in [0.25, 0.3) is 11.8 Å². The van der Waals surface area contributed by atoms with Gasteiger partial charge in [-0.3, -0.25) is 9.59 Å². The summed E-state index contributed by atoms with van der Waals surface area (Å²) in [5.74, 6) is 1.33. The Hall–Kier alpha value is -2.96. The van der Waals surface area contributed by atoms with Gasteiger partial charge in [0.1, 0.15) is 11.6 Å². The van der Waals surface area contributed by atoms with Crippen LogP contribution < -0.4 is 10.1 Å². The lowest BCUT2D eigenvalue weighted by molar-refractivity contribution is -0.134. The maximum Gasteiger partial charge on any atom is 0.260 e. The van der Waals surface area contributed by atoms with Crippen molar-refractivity contribution in [3.8, 4) is 5.75 Å². The minimum atomic E-state index is -0.128. The van der Waals surface area contributed by atoms with E-state index in [1.54, 1.807) is 6.20 Å². The smallest absolute Gasteiger partial charge is 0.260 e. The number of likely N-dealkylation sites (tertiary alicyclic amines) is 1. The number of hydrogen-bond acceptors (Lipinski definition) is 5. The molecule has 0 unspecified atom stereocenters. The van der Waals surface area contributed by atoms with Crippen LogP contribution in [0, 0.1) is 6.92 Å². The number of benzene rings is 1. The Balaban J connectivity index is 1.59. The lowest BCUT2D eigenvalue weighted by Gasteiger charge is -2.32. The van der Waals surface area contributed by atoms with E-state index in [9.17, 15) is 9.59 Å². The number of nitrogens with zero attached hydrogens (tertiary/aromatic N) is 3. The molecule has 7 heteroatoms. The molecule has 2 aromatic rings. The Bertz CT molecular complexity index is 833. The molecule has 1 fully saturated rings. The second-order valence-electron chi connectivity index (χ2n) is 7.23. The lowest BCUT2D eigenvalue weighted by Crippen LogP contribution is -2.41. The molecule has 3 rings (SSSR count). The highest BCUT2D eigenvalue weighted by atomic mass is 16.5. The van der Waals surface area contributed by atoms with Crippen molar-refractivity contribution in [1.82, 2.24) is 20.2 Å². The van der Waals surface area contributed by atoms with E-state index in [4.69, 9.17) is 4.74 Å². The van der Waals surface area contributed by atoms with Crippen molar-refractivity contribution in [3.63, 3.8) is 0 Å². The molecule has 1 N–H and O–H groups in total. The van der Waals surface area contributed by atoms with Crippen LogP contribution in [0.4, 0.5) is 0 Å². The third-order valence-corrected chi connectivity index (χ3v) is 5.06. The standard InChI is InChI=1S/C22H28N4O3/c1-3-11-23-22(28)19-14-24-16(2)25-21(19)17-9-12-26(13-10-17)20(27)15-29-18-7-5-4-6-8-18/h4-8,14,17H,3,9-13,15H2,1-2H3,(H,23,28). The predicted molar refractivity (Wildman–Crippen MR) is 110 cm³/mol. The molecular formula is C22H28N4O3. The number of piperidine rings is 1. The number of nitrogens with one attached hydrogen (secondary N) is 1. The van der Waals surface area contributed by atoms with Crippen molar-refractivity contribution in [2.45, 2.75) is 39.0 Å². The number of aryl methyl sites for hydroxylation is 1. The number of carbonyl (C=O) groups excluding carboxylic acids is 2. The van der Waals surface area contributed by atoms with Crippen molar-refractivity contribution in [2.75, 3.05) is 26.2 Å². The summed E-state index contributed by atoms with van der Waals surface area (Å²) >= 11 is 0. The largest absolute Gasteiger partial charge is 0.484 e. The second kappa shape index (κ2) is 10.0. The molecule has 154 valence electrons. The van der Waals surface area contributed by atoms with Crippen LogP contribution >= 0.6 is 0 Å². The normalized spacial score (nSPS) is 14.5. The minimum absolute atomic E-state index is 0.0212. The molecule has 7 nitrogen and oxygen atoms in total. The number of para-hydroxylation sites is 1. The first-order valence-corrected chi connectivity index (χ1v) is 10.2. The summed E-state index contributed by atoms with van der Waals surface area (Å²) in [6.45, 7) is 5.76. The number of hydrogen-bond donors (Lipinski definition) is 1. The lowest BCUT2D eigenvalue weighted by atomic mass is 9.90. The molecule has 0 spiro atoms. The van der Waals surface area contributed by atoms with Gasteiger partial charge in [0, 0.05) is 31.7 Å². The minimum Gasteiger partial charge on any atom is -0.484 e. The fraction of sp³-hybridized carbons (Fsp3) is 0.455. The highest BCUT2D eigenvalue weighted by Gasteiger charge is 2.28. The molecule has 0 bridgehead atoms. The highest BCUT2D eigenvalue weighted by molar-refractivity contribution is 5.95. The van der Waals surface area contributed by atoms with Crippen LogP contribution in [0.15, 0.2) is 36.5 Å². The zero-order valence-electron chi connectivity index (χ0n) is 17.1. The van der Waals surface area contributed by atoms with E-state index in [1.165, 1.54) is 0 Å². The Labute approximate surface area is 171 Å². The molecule has 1 aliphatic rings. The Morgan fingerprint density at radius 2 is 1.93 bits per heavy atom. The first-order valence-electron chi connectivity index (χ1n) is 10.2. The van der Waals surface area contributed by atoms with Gasteiger partial charge in [-0.25, -0.2) is 9.97 Å². The summed E-state index contributed by atoms with van der Waals surface area (Å²) in [5.41, 5.74) is 1.33. The molecule has 1 aliphatic heterocycles. The molecule has 1 saturated heterocycles. The predicted octanol–water partition coefficient (Wildman–Crippen LogP) is 2.71. The average Bonchev–Trinajstić information content (AvgIpc) is 2.76. The van der Waals surface area contributed by atoms with Crippen molar-refractivity contribution in [2.24, 2.45) is 0 Å². The number of carbonyl (C=O) groups is 2. The van der Waals surface area contributed by atoms with Crippen LogP contribution in [-0.4, -0.2) is 52.9 Å². The van der Waals surface area contributed by atoms with Gasteiger partial charge in [0.05, 0.1) is 11.3 Å². The fourth-order valence-electron chi connectivity index (χ4n) is 3.46. The molecule has 0 atom stereocenters. The van der Waals surface area contributed by atoms with Crippen molar-refractivity contribution >= 4 is 11.8 Å². The quantitative estimate of drug-likeness (QED) is 0.778. The maximum absolute atomic E-state index is 12.5. The second-order valence-corrected chi connectivity index (χ2v) is 7.23. The van der Waals surface area contributed by atoms with Crippen molar-refractivity contribution in [3.05, 3.63) is 53.6 Å². The summed E-state index contributed by atoms with van der Waals surface area (Å²) in [6.07, 6.45) is 4.02. The Morgan fingerprint density at radius 1 is 1.21 bits per heavy atom. The molecular weight excluding hydrogens is 368 g/mol. The van der Waals surface area contributed by atoms with Gasteiger partial charge in [-0.15, -0.1) is 0 Å². The van der Waals surface area contributed by atoms with Crippen LogP contribution in [-0.2, 0) is 4.79 Å². The third-order valence-electron chi connectivity index (χ3n) is 5.06.